The Kier molecular flexibility index (Phi) is 5.66. The van der Waals surface area contributed by atoms with Crippen LogP contribution < -0.4 is 5.32 Å². The van der Waals surface area contributed by atoms with Crippen LogP contribution in [0.4, 0.5) is 15.8 Å². The third-order valence-corrected chi connectivity index (χ3v) is 3.46. The van der Waals surface area contributed by atoms with E-state index in [4.69, 9.17) is 16.3 Å². The summed E-state index contributed by atoms with van der Waals surface area (Å²) in [5, 5.41) is 13.2. The van der Waals surface area contributed by atoms with Crippen LogP contribution in [0.15, 0.2) is 42.5 Å². The highest BCUT2D eigenvalue weighted by Gasteiger charge is 2.22. The lowest BCUT2D eigenvalue weighted by Crippen LogP contribution is -2.30. The number of amides is 1. The number of nitrogens with one attached hydrogen (secondary N) is 1. The van der Waals surface area contributed by atoms with E-state index in [1.807, 2.05) is 0 Å². The van der Waals surface area contributed by atoms with Crippen molar-refractivity contribution >= 4 is 34.9 Å². The van der Waals surface area contributed by atoms with Gasteiger partial charge in [-0.05, 0) is 43.3 Å². The summed E-state index contributed by atoms with van der Waals surface area (Å²) in [5.74, 6) is -2.01. The normalized spacial score (nSPS) is 11.5. The molecule has 1 N–H and O–H groups in total. The zero-order valence-electron chi connectivity index (χ0n) is 12.9. The molecular weight excluding hydrogens is 355 g/mol. The van der Waals surface area contributed by atoms with E-state index in [0.717, 1.165) is 6.07 Å². The summed E-state index contributed by atoms with van der Waals surface area (Å²) in [5.41, 5.74) is -0.228. The third-order valence-electron chi connectivity index (χ3n) is 3.14. The molecule has 1 atom stereocenters. The van der Waals surface area contributed by atoms with Gasteiger partial charge in [-0.1, -0.05) is 11.6 Å². The van der Waals surface area contributed by atoms with Crippen molar-refractivity contribution in [2.24, 2.45) is 0 Å². The number of hydrogen-bond acceptors (Lipinski definition) is 5. The van der Waals surface area contributed by atoms with Gasteiger partial charge in [-0.15, -0.1) is 0 Å². The molecule has 0 aliphatic rings. The van der Waals surface area contributed by atoms with Crippen molar-refractivity contribution in [1.29, 1.82) is 0 Å². The molecule has 0 bridgehead atoms. The minimum absolute atomic E-state index is 0.113. The van der Waals surface area contributed by atoms with Gasteiger partial charge < -0.3 is 10.1 Å². The number of esters is 1. The molecule has 0 radical (unpaired) electrons. The Bertz CT molecular complexity index is 826. The number of carbonyl (C=O) groups excluding carboxylic acids is 2. The summed E-state index contributed by atoms with van der Waals surface area (Å²) in [6.07, 6.45) is -1.17. The number of hydrogen-bond donors (Lipinski definition) is 1. The van der Waals surface area contributed by atoms with E-state index in [2.05, 4.69) is 5.32 Å². The second-order valence-electron chi connectivity index (χ2n) is 4.97. The summed E-state index contributed by atoms with van der Waals surface area (Å²) in [6.45, 7) is 1.33. The van der Waals surface area contributed by atoms with Crippen molar-refractivity contribution in [3.8, 4) is 0 Å². The van der Waals surface area contributed by atoms with Crippen molar-refractivity contribution in [3.63, 3.8) is 0 Å². The lowest BCUT2D eigenvalue weighted by molar-refractivity contribution is -0.384. The van der Waals surface area contributed by atoms with Crippen molar-refractivity contribution < 1.29 is 23.6 Å². The van der Waals surface area contributed by atoms with Gasteiger partial charge >= 0.3 is 5.97 Å². The van der Waals surface area contributed by atoms with Crippen LogP contribution in [0.3, 0.4) is 0 Å². The summed E-state index contributed by atoms with van der Waals surface area (Å²) in [7, 11) is 0. The van der Waals surface area contributed by atoms with Crippen molar-refractivity contribution in [2.75, 3.05) is 5.32 Å². The summed E-state index contributed by atoms with van der Waals surface area (Å²) >= 11 is 5.67. The molecule has 0 heterocycles. The van der Waals surface area contributed by atoms with Gasteiger partial charge in [0.2, 0.25) is 0 Å². The highest BCUT2D eigenvalue weighted by atomic mass is 35.5. The summed E-state index contributed by atoms with van der Waals surface area (Å²) in [6, 6.07) is 8.45. The fourth-order valence-electron chi connectivity index (χ4n) is 1.84. The molecule has 0 aromatic heterocycles. The largest absolute Gasteiger partial charge is 0.449 e. The molecule has 0 fully saturated rings. The molecular formula is C16H12ClFN2O5. The lowest BCUT2D eigenvalue weighted by Gasteiger charge is -2.13. The van der Waals surface area contributed by atoms with Gasteiger partial charge in [-0.2, -0.15) is 0 Å². The number of anilines is 1. The molecule has 0 spiro atoms. The van der Waals surface area contributed by atoms with E-state index in [1.54, 1.807) is 0 Å². The van der Waals surface area contributed by atoms with E-state index in [-0.39, 0.29) is 10.6 Å². The van der Waals surface area contributed by atoms with Gasteiger partial charge in [-0.25, -0.2) is 9.18 Å². The Morgan fingerprint density at radius 1 is 1.24 bits per heavy atom. The van der Waals surface area contributed by atoms with Crippen LogP contribution in [0.1, 0.15) is 17.3 Å². The zero-order valence-corrected chi connectivity index (χ0v) is 13.6. The average molecular weight is 367 g/mol. The van der Waals surface area contributed by atoms with Crippen molar-refractivity contribution in [3.05, 3.63) is 69.0 Å². The molecule has 7 nitrogen and oxygen atoms in total. The van der Waals surface area contributed by atoms with Crippen molar-refractivity contribution in [1.82, 2.24) is 0 Å². The Morgan fingerprint density at radius 2 is 1.88 bits per heavy atom. The topological polar surface area (TPSA) is 98.5 Å². The van der Waals surface area contributed by atoms with Gasteiger partial charge in [0.25, 0.3) is 11.6 Å². The number of ether oxygens (including phenoxy) is 1. The first kappa shape index (κ1) is 18.3. The minimum Gasteiger partial charge on any atom is -0.449 e. The Morgan fingerprint density at radius 3 is 2.48 bits per heavy atom. The summed E-state index contributed by atoms with van der Waals surface area (Å²) < 4.78 is 17.8. The van der Waals surface area contributed by atoms with Gasteiger partial charge in [0, 0.05) is 11.8 Å². The van der Waals surface area contributed by atoms with Gasteiger partial charge in [-0.3, -0.25) is 14.9 Å². The molecule has 2 aromatic rings. The molecule has 2 aromatic carbocycles. The SMILES string of the molecule is C[C@@H](OC(=O)c1ccc(Cl)c([N+](=O)[O-])c1)C(=O)Nc1ccc(F)cc1. The van der Waals surface area contributed by atoms with E-state index >= 15 is 0 Å². The second kappa shape index (κ2) is 7.71. The molecule has 0 aliphatic carbocycles. The predicted octanol–water partition coefficient (Wildman–Crippen LogP) is 3.57. The Labute approximate surface area is 146 Å². The van der Waals surface area contributed by atoms with E-state index in [9.17, 15) is 24.1 Å². The highest BCUT2D eigenvalue weighted by molar-refractivity contribution is 6.32. The fourth-order valence-corrected chi connectivity index (χ4v) is 2.03. The van der Waals surface area contributed by atoms with Gasteiger partial charge in [0.15, 0.2) is 6.10 Å². The molecule has 2 rings (SSSR count). The second-order valence-corrected chi connectivity index (χ2v) is 5.37. The molecule has 9 heteroatoms. The van der Waals surface area contributed by atoms with Crippen LogP contribution in [-0.2, 0) is 9.53 Å². The first-order valence-electron chi connectivity index (χ1n) is 6.99. The van der Waals surface area contributed by atoms with Crippen LogP contribution in [0.25, 0.3) is 0 Å². The number of halogens is 2. The number of benzene rings is 2. The Balaban J connectivity index is 2.04. The maximum Gasteiger partial charge on any atom is 0.339 e. The Hall–Kier alpha value is -3.00. The molecule has 130 valence electrons. The van der Waals surface area contributed by atoms with Crippen LogP contribution in [0.5, 0.6) is 0 Å². The monoisotopic (exact) mass is 366 g/mol. The maximum absolute atomic E-state index is 12.8. The van der Waals surface area contributed by atoms with E-state index in [1.165, 1.54) is 43.3 Å². The van der Waals surface area contributed by atoms with E-state index < -0.39 is 34.4 Å². The molecule has 0 saturated heterocycles. The van der Waals surface area contributed by atoms with E-state index in [0.29, 0.717) is 5.69 Å². The standard InChI is InChI=1S/C16H12ClFN2O5/c1-9(15(21)19-12-5-3-11(18)4-6-12)25-16(22)10-2-7-13(17)14(8-10)20(23)24/h2-9H,1H3,(H,19,21)/t9-/m1/s1. The third kappa shape index (κ3) is 4.74. The molecule has 0 aliphatic heterocycles. The molecule has 1 amide bonds. The number of nitrogens with zero attached hydrogens (tertiary/aromatic N) is 1. The first-order chi connectivity index (χ1) is 11.8. The average Bonchev–Trinajstić information content (AvgIpc) is 2.56. The number of carbonyl (C=O) groups is 2. The first-order valence-corrected chi connectivity index (χ1v) is 7.37. The summed E-state index contributed by atoms with van der Waals surface area (Å²) in [4.78, 5) is 34.1. The highest BCUT2D eigenvalue weighted by Crippen LogP contribution is 2.25. The number of rotatable bonds is 5. The molecule has 0 saturated carbocycles. The number of nitro benzene ring substituents is 1. The van der Waals surface area contributed by atoms with Crippen LogP contribution in [0.2, 0.25) is 5.02 Å². The lowest BCUT2D eigenvalue weighted by atomic mass is 10.2. The quantitative estimate of drug-likeness (QED) is 0.495. The van der Waals surface area contributed by atoms with Crippen LogP contribution in [-0.4, -0.2) is 22.9 Å². The minimum atomic E-state index is -1.17. The fraction of sp³-hybridized carbons (Fsp3) is 0.125. The smallest absolute Gasteiger partial charge is 0.339 e. The molecule has 25 heavy (non-hydrogen) atoms. The van der Waals surface area contributed by atoms with Gasteiger partial charge in [0.05, 0.1) is 10.5 Å². The predicted molar refractivity (Wildman–Crippen MR) is 88.0 cm³/mol. The number of nitro groups is 1. The van der Waals surface area contributed by atoms with Gasteiger partial charge in [0.1, 0.15) is 10.8 Å². The molecule has 0 unspecified atom stereocenters. The maximum atomic E-state index is 12.8. The van der Waals surface area contributed by atoms with Crippen LogP contribution >= 0.6 is 11.6 Å². The van der Waals surface area contributed by atoms with Crippen molar-refractivity contribution in [2.45, 2.75) is 13.0 Å². The van der Waals surface area contributed by atoms with Crippen LogP contribution in [0, 0.1) is 15.9 Å². The zero-order chi connectivity index (χ0) is 18.6.